The quantitative estimate of drug-likeness (QED) is 0.537. The highest BCUT2D eigenvalue weighted by atomic mass is 32.2. The summed E-state index contributed by atoms with van der Waals surface area (Å²) in [4.78, 5) is 25.4. The van der Waals surface area contributed by atoms with Crippen LogP contribution in [0.15, 0.2) is 53.4 Å². The molecule has 2 aromatic rings. The van der Waals surface area contributed by atoms with Crippen LogP contribution in [0.25, 0.3) is 6.08 Å². The van der Waals surface area contributed by atoms with Crippen LogP contribution in [0, 0.1) is 0 Å². The first-order valence-corrected chi connectivity index (χ1v) is 10.2. The van der Waals surface area contributed by atoms with E-state index >= 15 is 0 Å². The minimum atomic E-state index is -0.366. The standard InChI is InChI=1S/C21H20N2O4S2/c1-3-27-16-10-9-15(11-17(16)26-2)12-18-20(25)23(21(28)29-18)22-19(24)13-14-7-5-4-6-8-14/h4-12H,3,13H2,1-2H3,(H,22,24)/b18-12-. The first-order chi connectivity index (χ1) is 14.0. The number of benzene rings is 2. The van der Waals surface area contributed by atoms with Gasteiger partial charge in [0.25, 0.3) is 5.91 Å². The number of nitrogens with one attached hydrogen (secondary N) is 1. The molecule has 0 unspecified atom stereocenters. The molecule has 150 valence electrons. The number of carbonyl (C=O) groups excluding carboxylic acids is 2. The van der Waals surface area contributed by atoms with Crippen LogP contribution in [-0.2, 0) is 16.0 Å². The summed E-state index contributed by atoms with van der Waals surface area (Å²) < 4.78 is 11.1. The molecule has 0 radical (unpaired) electrons. The third-order valence-electron chi connectivity index (χ3n) is 4.02. The van der Waals surface area contributed by atoms with Crippen molar-refractivity contribution < 1.29 is 19.1 Å². The SMILES string of the molecule is CCOc1ccc(/C=C2\SC(=S)N(NC(=O)Cc3ccccc3)C2=O)cc1OC. The fraction of sp³-hybridized carbons (Fsp3) is 0.190. The van der Waals surface area contributed by atoms with Gasteiger partial charge in [0.2, 0.25) is 5.91 Å². The highest BCUT2D eigenvalue weighted by molar-refractivity contribution is 8.26. The average molecular weight is 429 g/mol. The van der Waals surface area contributed by atoms with E-state index < -0.39 is 0 Å². The van der Waals surface area contributed by atoms with Gasteiger partial charge in [0.05, 0.1) is 25.0 Å². The molecule has 1 saturated heterocycles. The fourth-order valence-corrected chi connectivity index (χ4v) is 3.89. The molecule has 0 bridgehead atoms. The van der Waals surface area contributed by atoms with Gasteiger partial charge in [-0.05, 0) is 48.5 Å². The van der Waals surface area contributed by atoms with E-state index in [4.69, 9.17) is 21.7 Å². The van der Waals surface area contributed by atoms with E-state index in [1.165, 1.54) is 0 Å². The first-order valence-electron chi connectivity index (χ1n) is 8.94. The Morgan fingerprint density at radius 2 is 1.97 bits per heavy atom. The average Bonchev–Trinajstić information content (AvgIpc) is 2.97. The lowest BCUT2D eigenvalue weighted by Gasteiger charge is -2.15. The number of amides is 2. The van der Waals surface area contributed by atoms with E-state index in [2.05, 4.69) is 5.43 Å². The van der Waals surface area contributed by atoms with Gasteiger partial charge < -0.3 is 9.47 Å². The Morgan fingerprint density at radius 3 is 2.66 bits per heavy atom. The summed E-state index contributed by atoms with van der Waals surface area (Å²) >= 11 is 6.40. The summed E-state index contributed by atoms with van der Waals surface area (Å²) in [6.45, 7) is 2.42. The molecule has 1 fully saturated rings. The molecule has 29 heavy (non-hydrogen) atoms. The van der Waals surface area contributed by atoms with Crippen molar-refractivity contribution in [2.24, 2.45) is 0 Å². The summed E-state index contributed by atoms with van der Waals surface area (Å²) in [6, 6.07) is 14.7. The van der Waals surface area contributed by atoms with Gasteiger partial charge in [-0.1, -0.05) is 48.2 Å². The number of ether oxygens (including phenoxy) is 2. The number of thiocarbonyl (C=S) groups is 1. The van der Waals surface area contributed by atoms with Crippen LogP contribution < -0.4 is 14.9 Å². The van der Waals surface area contributed by atoms with Crippen molar-refractivity contribution in [3.63, 3.8) is 0 Å². The van der Waals surface area contributed by atoms with E-state index in [1.807, 2.05) is 43.3 Å². The zero-order valence-electron chi connectivity index (χ0n) is 16.0. The number of methoxy groups -OCH3 is 1. The third kappa shape index (κ3) is 5.16. The van der Waals surface area contributed by atoms with Crippen molar-refractivity contribution in [1.82, 2.24) is 10.4 Å². The van der Waals surface area contributed by atoms with Crippen molar-refractivity contribution in [3.05, 3.63) is 64.6 Å². The van der Waals surface area contributed by atoms with E-state index in [-0.39, 0.29) is 22.6 Å². The molecule has 6 nitrogen and oxygen atoms in total. The molecule has 0 saturated carbocycles. The van der Waals surface area contributed by atoms with Gasteiger partial charge in [-0.3, -0.25) is 15.0 Å². The maximum Gasteiger partial charge on any atom is 0.285 e. The summed E-state index contributed by atoms with van der Waals surface area (Å²) in [6.07, 6.45) is 1.87. The lowest BCUT2D eigenvalue weighted by Crippen LogP contribution is -2.45. The number of carbonyl (C=O) groups is 2. The minimum Gasteiger partial charge on any atom is -0.493 e. The lowest BCUT2D eigenvalue weighted by atomic mass is 10.1. The molecule has 0 spiro atoms. The second-order valence-corrected chi connectivity index (χ2v) is 7.73. The number of hydrogen-bond acceptors (Lipinski definition) is 6. The van der Waals surface area contributed by atoms with Gasteiger partial charge in [0.15, 0.2) is 15.8 Å². The Bertz CT molecular complexity index is 960. The topological polar surface area (TPSA) is 67.9 Å². The van der Waals surface area contributed by atoms with Crippen molar-refractivity contribution in [1.29, 1.82) is 0 Å². The minimum absolute atomic E-state index is 0.160. The van der Waals surface area contributed by atoms with Gasteiger partial charge in [-0.25, -0.2) is 0 Å². The molecular weight excluding hydrogens is 408 g/mol. The monoisotopic (exact) mass is 428 g/mol. The summed E-state index contributed by atoms with van der Waals surface area (Å²) in [7, 11) is 1.56. The van der Waals surface area contributed by atoms with Crippen LogP contribution in [0.2, 0.25) is 0 Å². The molecule has 0 aromatic heterocycles. The van der Waals surface area contributed by atoms with E-state index in [0.29, 0.717) is 23.0 Å². The Kier molecular flexibility index (Phi) is 6.90. The number of nitrogens with zero attached hydrogens (tertiary/aromatic N) is 1. The predicted molar refractivity (Wildman–Crippen MR) is 117 cm³/mol. The molecular formula is C21H20N2O4S2. The third-order valence-corrected chi connectivity index (χ3v) is 5.33. The number of hydrazine groups is 1. The fourth-order valence-electron chi connectivity index (χ4n) is 2.71. The molecule has 3 rings (SSSR count). The van der Waals surface area contributed by atoms with Crippen molar-refractivity contribution in [3.8, 4) is 11.5 Å². The van der Waals surface area contributed by atoms with Crippen LogP contribution in [0.4, 0.5) is 0 Å². The molecule has 1 heterocycles. The lowest BCUT2D eigenvalue weighted by molar-refractivity contribution is -0.132. The van der Waals surface area contributed by atoms with E-state index in [0.717, 1.165) is 27.9 Å². The summed E-state index contributed by atoms with van der Waals surface area (Å²) in [5.41, 5.74) is 4.21. The Balaban J connectivity index is 1.72. The largest absolute Gasteiger partial charge is 0.493 e. The van der Waals surface area contributed by atoms with Crippen LogP contribution in [-0.4, -0.2) is 34.9 Å². The normalized spacial score (nSPS) is 15.0. The molecule has 0 aliphatic carbocycles. The van der Waals surface area contributed by atoms with E-state index in [9.17, 15) is 9.59 Å². The van der Waals surface area contributed by atoms with Gasteiger partial charge in [0, 0.05) is 0 Å². The van der Waals surface area contributed by atoms with Gasteiger partial charge in [-0.2, -0.15) is 5.01 Å². The molecule has 1 N–H and O–H groups in total. The molecule has 8 heteroatoms. The molecule has 2 amide bonds. The summed E-state index contributed by atoms with van der Waals surface area (Å²) in [5.74, 6) is 0.533. The van der Waals surface area contributed by atoms with Crippen LogP contribution >= 0.6 is 24.0 Å². The molecule has 0 atom stereocenters. The number of hydrogen-bond donors (Lipinski definition) is 1. The van der Waals surface area contributed by atoms with Gasteiger partial charge >= 0.3 is 0 Å². The Morgan fingerprint density at radius 1 is 1.21 bits per heavy atom. The van der Waals surface area contributed by atoms with Crippen molar-refractivity contribution in [2.75, 3.05) is 13.7 Å². The predicted octanol–water partition coefficient (Wildman–Crippen LogP) is 3.57. The zero-order chi connectivity index (χ0) is 20.8. The van der Waals surface area contributed by atoms with Crippen molar-refractivity contribution in [2.45, 2.75) is 13.3 Å². The highest BCUT2D eigenvalue weighted by Crippen LogP contribution is 2.34. The second-order valence-electron chi connectivity index (χ2n) is 6.06. The number of thioether (sulfide) groups is 1. The zero-order valence-corrected chi connectivity index (χ0v) is 17.6. The van der Waals surface area contributed by atoms with E-state index in [1.54, 1.807) is 25.3 Å². The maximum atomic E-state index is 12.7. The maximum absolute atomic E-state index is 12.7. The molecule has 1 aliphatic rings. The Labute approximate surface area is 178 Å². The first kappa shape index (κ1) is 20.9. The number of rotatable bonds is 7. The van der Waals surface area contributed by atoms with Crippen LogP contribution in [0.5, 0.6) is 11.5 Å². The van der Waals surface area contributed by atoms with Crippen LogP contribution in [0.3, 0.4) is 0 Å². The smallest absolute Gasteiger partial charge is 0.285 e. The molecule has 1 aliphatic heterocycles. The Hall–Kier alpha value is -2.84. The van der Waals surface area contributed by atoms with Crippen LogP contribution in [0.1, 0.15) is 18.1 Å². The van der Waals surface area contributed by atoms with Crippen molar-refractivity contribution >= 4 is 46.2 Å². The second kappa shape index (κ2) is 9.58. The van der Waals surface area contributed by atoms with Gasteiger partial charge in [-0.15, -0.1) is 0 Å². The molecule has 2 aromatic carbocycles. The highest BCUT2D eigenvalue weighted by Gasteiger charge is 2.33. The van der Waals surface area contributed by atoms with Gasteiger partial charge in [0.1, 0.15) is 0 Å². The summed E-state index contributed by atoms with van der Waals surface area (Å²) in [5, 5.41) is 1.11.